The Balaban J connectivity index is 2.76. The van der Waals surface area contributed by atoms with Gasteiger partial charge in [0.05, 0.1) is 11.8 Å². The standard InChI is InChI=1S/C10H14BrNO/c1-8(13)7-12(2)10-6-4-3-5-9(10)11/h3-6,8,13H,7H2,1-2H3. The minimum absolute atomic E-state index is 0.308. The summed E-state index contributed by atoms with van der Waals surface area (Å²) in [6, 6.07) is 7.97. The molecule has 2 nitrogen and oxygen atoms in total. The van der Waals surface area contributed by atoms with Gasteiger partial charge in [0.25, 0.3) is 0 Å². The van der Waals surface area contributed by atoms with Crippen LogP contribution in [-0.4, -0.2) is 24.8 Å². The molecule has 0 aromatic heterocycles. The highest BCUT2D eigenvalue weighted by Crippen LogP contribution is 2.24. The molecule has 0 radical (unpaired) electrons. The van der Waals surface area contributed by atoms with Gasteiger partial charge in [0.2, 0.25) is 0 Å². The summed E-state index contributed by atoms with van der Waals surface area (Å²) in [6.07, 6.45) is -0.308. The van der Waals surface area contributed by atoms with Crippen LogP contribution in [0, 0.1) is 0 Å². The minimum Gasteiger partial charge on any atom is -0.392 e. The third-order valence-electron chi connectivity index (χ3n) is 1.80. The van der Waals surface area contributed by atoms with Crippen LogP contribution in [0.15, 0.2) is 28.7 Å². The van der Waals surface area contributed by atoms with Gasteiger partial charge in [-0.05, 0) is 35.0 Å². The molecule has 0 aliphatic heterocycles. The fraction of sp³-hybridized carbons (Fsp3) is 0.400. The summed E-state index contributed by atoms with van der Waals surface area (Å²) in [6.45, 7) is 2.43. The van der Waals surface area contributed by atoms with Crippen LogP contribution in [-0.2, 0) is 0 Å². The van der Waals surface area contributed by atoms with E-state index < -0.39 is 0 Å². The monoisotopic (exact) mass is 243 g/mol. The van der Waals surface area contributed by atoms with Crippen LogP contribution in [0.4, 0.5) is 5.69 Å². The van der Waals surface area contributed by atoms with Crippen molar-refractivity contribution in [1.29, 1.82) is 0 Å². The Morgan fingerprint density at radius 1 is 1.46 bits per heavy atom. The highest BCUT2D eigenvalue weighted by molar-refractivity contribution is 9.10. The van der Waals surface area contributed by atoms with E-state index in [4.69, 9.17) is 0 Å². The molecule has 0 amide bonds. The van der Waals surface area contributed by atoms with E-state index >= 15 is 0 Å². The maximum Gasteiger partial charge on any atom is 0.0686 e. The fourth-order valence-corrected chi connectivity index (χ4v) is 1.84. The van der Waals surface area contributed by atoms with Crippen LogP contribution >= 0.6 is 15.9 Å². The SMILES string of the molecule is CC(O)CN(C)c1ccccc1Br. The molecule has 0 heterocycles. The predicted octanol–water partition coefficient (Wildman–Crippen LogP) is 2.27. The number of hydrogen-bond donors (Lipinski definition) is 1. The van der Waals surface area contributed by atoms with E-state index in [1.165, 1.54) is 0 Å². The fourth-order valence-electron chi connectivity index (χ4n) is 1.26. The number of nitrogens with zero attached hydrogens (tertiary/aromatic N) is 1. The summed E-state index contributed by atoms with van der Waals surface area (Å²) in [4.78, 5) is 2.02. The third-order valence-corrected chi connectivity index (χ3v) is 2.47. The molecule has 72 valence electrons. The Morgan fingerprint density at radius 2 is 2.08 bits per heavy atom. The molecule has 0 aliphatic carbocycles. The lowest BCUT2D eigenvalue weighted by molar-refractivity contribution is 0.201. The second-order valence-corrected chi connectivity index (χ2v) is 4.04. The quantitative estimate of drug-likeness (QED) is 0.881. The Labute approximate surface area is 87.3 Å². The maximum atomic E-state index is 9.22. The van der Waals surface area contributed by atoms with Gasteiger partial charge in [-0.3, -0.25) is 0 Å². The van der Waals surface area contributed by atoms with E-state index in [1.54, 1.807) is 6.92 Å². The summed E-state index contributed by atoms with van der Waals surface area (Å²) in [5.74, 6) is 0. The Kier molecular flexibility index (Phi) is 3.75. The lowest BCUT2D eigenvalue weighted by Crippen LogP contribution is -2.26. The molecule has 1 unspecified atom stereocenters. The Morgan fingerprint density at radius 3 is 2.62 bits per heavy atom. The van der Waals surface area contributed by atoms with Gasteiger partial charge < -0.3 is 10.0 Å². The first kappa shape index (κ1) is 10.5. The van der Waals surface area contributed by atoms with Gasteiger partial charge in [-0.2, -0.15) is 0 Å². The predicted molar refractivity (Wildman–Crippen MR) is 59.1 cm³/mol. The zero-order valence-electron chi connectivity index (χ0n) is 7.87. The van der Waals surface area contributed by atoms with Gasteiger partial charge in [0, 0.05) is 18.1 Å². The van der Waals surface area contributed by atoms with Gasteiger partial charge in [-0.25, -0.2) is 0 Å². The van der Waals surface area contributed by atoms with Crippen molar-refractivity contribution in [3.63, 3.8) is 0 Å². The second kappa shape index (κ2) is 4.63. The molecule has 0 saturated heterocycles. The second-order valence-electron chi connectivity index (χ2n) is 3.18. The van der Waals surface area contributed by atoms with Gasteiger partial charge >= 0.3 is 0 Å². The summed E-state index contributed by atoms with van der Waals surface area (Å²) in [5.41, 5.74) is 1.10. The number of halogens is 1. The number of hydrogen-bond acceptors (Lipinski definition) is 2. The van der Waals surface area contributed by atoms with Crippen LogP contribution in [0.1, 0.15) is 6.92 Å². The molecular weight excluding hydrogens is 230 g/mol. The number of likely N-dealkylation sites (N-methyl/N-ethyl adjacent to an activating group) is 1. The number of anilines is 1. The molecule has 0 saturated carbocycles. The summed E-state index contributed by atoms with van der Waals surface area (Å²) in [7, 11) is 1.97. The average molecular weight is 244 g/mol. The molecule has 0 fully saturated rings. The van der Waals surface area contributed by atoms with Gasteiger partial charge in [0.15, 0.2) is 0 Å². The van der Waals surface area contributed by atoms with Crippen LogP contribution in [0.3, 0.4) is 0 Å². The smallest absolute Gasteiger partial charge is 0.0686 e. The van der Waals surface area contributed by atoms with Crippen molar-refractivity contribution < 1.29 is 5.11 Å². The first-order valence-electron chi connectivity index (χ1n) is 4.25. The van der Waals surface area contributed by atoms with E-state index in [-0.39, 0.29) is 6.10 Å². The van der Waals surface area contributed by atoms with E-state index in [9.17, 15) is 5.11 Å². The third kappa shape index (κ3) is 3.01. The van der Waals surface area contributed by atoms with Crippen LogP contribution in [0.5, 0.6) is 0 Å². The van der Waals surface area contributed by atoms with E-state index in [0.29, 0.717) is 6.54 Å². The first-order chi connectivity index (χ1) is 6.11. The zero-order valence-corrected chi connectivity index (χ0v) is 9.45. The van der Waals surface area contributed by atoms with Crippen molar-refractivity contribution in [2.75, 3.05) is 18.5 Å². The number of para-hydroxylation sites is 1. The molecular formula is C10H14BrNO. The number of rotatable bonds is 3. The Bertz CT molecular complexity index is 275. The normalized spacial score (nSPS) is 12.6. The lowest BCUT2D eigenvalue weighted by Gasteiger charge is -2.21. The Hall–Kier alpha value is -0.540. The molecule has 3 heteroatoms. The van der Waals surface area contributed by atoms with Crippen molar-refractivity contribution in [3.8, 4) is 0 Å². The molecule has 13 heavy (non-hydrogen) atoms. The van der Waals surface area contributed by atoms with Crippen molar-refractivity contribution in [2.24, 2.45) is 0 Å². The van der Waals surface area contributed by atoms with Crippen LogP contribution in [0.25, 0.3) is 0 Å². The number of benzene rings is 1. The number of aliphatic hydroxyl groups excluding tert-OH is 1. The van der Waals surface area contributed by atoms with Crippen LogP contribution < -0.4 is 4.90 Å². The average Bonchev–Trinajstić information content (AvgIpc) is 2.03. The molecule has 1 aromatic rings. The first-order valence-corrected chi connectivity index (χ1v) is 5.04. The summed E-state index contributed by atoms with van der Waals surface area (Å²) in [5, 5.41) is 9.22. The van der Waals surface area contributed by atoms with Crippen molar-refractivity contribution in [2.45, 2.75) is 13.0 Å². The van der Waals surface area contributed by atoms with E-state index in [0.717, 1.165) is 10.2 Å². The maximum absolute atomic E-state index is 9.22. The van der Waals surface area contributed by atoms with Gasteiger partial charge in [-0.15, -0.1) is 0 Å². The molecule has 1 aromatic carbocycles. The lowest BCUT2D eigenvalue weighted by atomic mass is 10.3. The minimum atomic E-state index is -0.308. The van der Waals surface area contributed by atoms with Crippen molar-refractivity contribution in [3.05, 3.63) is 28.7 Å². The van der Waals surface area contributed by atoms with Gasteiger partial charge in [-0.1, -0.05) is 12.1 Å². The number of aliphatic hydroxyl groups is 1. The largest absolute Gasteiger partial charge is 0.392 e. The van der Waals surface area contributed by atoms with Crippen molar-refractivity contribution in [1.82, 2.24) is 0 Å². The summed E-state index contributed by atoms with van der Waals surface area (Å²) < 4.78 is 1.05. The van der Waals surface area contributed by atoms with Crippen LogP contribution in [0.2, 0.25) is 0 Å². The zero-order chi connectivity index (χ0) is 9.84. The molecule has 0 spiro atoms. The molecule has 1 N–H and O–H groups in total. The topological polar surface area (TPSA) is 23.5 Å². The van der Waals surface area contributed by atoms with Crippen molar-refractivity contribution >= 4 is 21.6 Å². The highest BCUT2D eigenvalue weighted by atomic mass is 79.9. The molecule has 0 bridgehead atoms. The van der Waals surface area contributed by atoms with E-state index in [1.807, 2.05) is 36.2 Å². The molecule has 1 rings (SSSR count). The highest BCUT2D eigenvalue weighted by Gasteiger charge is 2.06. The van der Waals surface area contributed by atoms with Gasteiger partial charge in [0.1, 0.15) is 0 Å². The molecule has 0 aliphatic rings. The molecule has 1 atom stereocenters. The summed E-state index contributed by atoms with van der Waals surface area (Å²) >= 11 is 3.46. The van der Waals surface area contributed by atoms with E-state index in [2.05, 4.69) is 15.9 Å².